The summed E-state index contributed by atoms with van der Waals surface area (Å²) in [4.78, 5) is 19.0. The van der Waals surface area contributed by atoms with Crippen molar-refractivity contribution in [3.63, 3.8) is 0 Å². The van der Waals surface area contributed by atoms with Crippen molar-refractivity contribution in [2.75, 3.05) is 24.6 Å². The molecular formula is C29H28F3N3O5S. The highest BCUT2D eigenvalue weighted by molar-refractivity contribution is 7.22. The van der Waals surface area contributed by atoms with E-state index < -0.39 is 6.36 Å². The molecule has 1 aliphatic heterocycles. The fraction of sp³-hybridized carbons (Fsp3) is 0.414. The van der Waals surface area contributed by atoms with Gasteiger partial charge in [0.2, 0.25) is 0 Å². The molecule has 41 heavy (non-hydrogen) atoms. The van der Waals surface area contributed by atoms with Gasteiger partial charge in [-0.2, -0.15) is 0 Å². The third kappa shape index (κ3) is 6.18. The molecule has 12 heteroatoms. The van der Waals surface area contributed by atoms with Gasteiger partial charge in [-0.05, 0) is 62.9 Å². The van der Waals surface area contributed by atoms with Crippen molar-refractivity contribution < 1.29 is 36.7 Å². The normalized spacial score (nSPS) is 16.3. The zero-order valence-corrected chi connectivity index (χ0v) is 23.1. The monoisotopic (exact) mass is 587 g/mol. The lowest BCUT2D eigenvalue weighted by Gasteiger charge is -2.31. The third-order valence-electron chi connectivity index (χ3n) is 7.20. The number of hydrogen-bond acceptors (Lipinski definition) is 9. The van der Waals surface area contributed by atoms with E-state index in [1.807, 2.05) is 12.1 Å². The number of piperidine rings is 1. The van der Waals surface area contributed by atoms with E-state index in [0.29, 0.717) is 29.2 Å². The molecule has 0 bridgehead atoms. The number of fused-ring (bicyclic) bond motifs is 1. The zero-order valence-electron chi connectivity index (χ0n) is 22.3. The van der Waals surface area contributed by atoms with Gasteiger partial charge in [-0.3, -0.25) is 0 Å². The Hall–Kier alpha value is -3.64. The Bertz CT molecular complexity index is 1540. The topological polar surface area (TPSA) is 86.9 Å². The van der Waals surface area contributed by atoms with Crippen molar-refractivity contribution in [3.8, 4) is 17.0 Å². The number of ether oxygens (including phenoxy) is 3. The van der Waals surface area contributed by atoms with Crippen LogP contribution in [0.25, 0.3) is 21.5 Å². The van der Waals surface area contributed by atoms with Crippen LogP contribution in [0.3, 0.4) is 0 Å². The lowest BCUT2D eigenvalue weighted by atomic mass is 10.0. The van der Waals surface area contributed by atoms with Crippen molar-refractivity contribution in [1.29, 1.82) is 0 Å². The van der Waals surface area contributed by atoms with Crippen LogP contribution in [0.2, 0.25) is 0 Å². The molecule has 0 N–H and O–H groups in total. The molecule has 4 aromatic rings. The Balaban J connectivity index is 1.13. The Morgan fingerprint density at radius 2 is 1.90 bits per heavy atom. The van der Waals surface area contributed by atoms with Crippen LogP contribution in [0.5, 0.6) is 5.75 Å². The fourth-order valence-electron chi connectivity index (χ4n) is 5.02. The number of para-hydroxylation sites is 1. The van der Waals surface area contributed by atoms with Crippen LogP contribution in [0.4, 0.5) is 18.3 Å². The standard InChI is InChI=1S/C29H28F3N3O5S/c1-2-37-27(36)18-9-10-22-24(15-18)41-28(33-22)35-13-11-19(12-14-35)38-16-21-25(34-40-26(21)17-7-8-17)20-5-3-4-6-23(20)39-29(30,31)32/h3-6,9-10,15,17,19H,2,7-8,11-14,16H2,1H3. The molecule has 0 radical (unpaired) electrons. The van der Waals surface area contributed by atoms with Crippen LogP contribution in [0, 0.1) is 0 Å². The molecule has 8 nitrogen and oxygen atoms in total. The number of alkyl halides is 3. The number of carbonyl (C=O) groups is 1. The molecule has 6 rings (SSSR count). The number of anilines is 1. The summed E-state index contributed by atoms with van der Waals surface area (Å²) in [5.74, 6) is 0.210. The minimum absolute atomic E-state index is 0.0347. The SMILES string of the molecule is CCOC(=O)c1ccc2nc(N3CCC(OCc4c(-c5ccccc5OC(F)(F)F)noc4C4CC4)CC3)sc2c1. The summed E-state index contributed by atoms with van der Waals surface area (Å²) in [5, 5.41) is 5.04. The molecule has 216 valence electrons. The van der Waals surface area contributed by atoms with Crippen molar-refractivity contribution in [2.24, 2.45) is 0 Å². The molecule has 0 amide bonds. The van der Waals surface area contributed by atoms with Crippen molar-refractivity contribution in [2.45, 2.75) is 57.6 Å². The molecule has 2 fully saturated rings. The van der Waals surface area contributed by atoms with E-state index in [1.54, 1.807) is 25.1 Å². The molecule has 0 atom stereocenters. The van der Waals surface area contributed by atoms with E-state index in [2.05, 4.69) is 14.8 Å². The van der Waals surface area contributed by atoms with Gasteiger partial charge in [0, 0.05) is 30.1 Å². The number of carbonyl (C=O) groups excluding carboxylic acids is 1. The predicted molar refractivity (Wildman–Crippen MR) is 146 cm³/mol. The molecule has 3 heterocycles. The van der Waals surface area contributed by atoms with Crippen LogP contribution in [-0.4, -0.2) is 48.3 Å². The van der Waals surface area contributed by atoms with Gasteiger partial charge in [0.25, 0.3) is 0 Å². The molecule has 1 aliphatic carbocycles. The lowest BCUT2D eigenvalue weighted by molar-refractivity contribution is -0.274. The summed E-state index contributed by atoms with van der Waals surface area (Å²) in [6.07, 6.45) is -1.44. The minimum atomic E-state index is -4.82. The smallest absolute Gasteiger partial charge is 0.462 e. The van der Waals surface area contributed by atoms with E-state index >= 15 is 0 Å². The molecular weight excluding hydrogens is 559 g/mol. The van der Waals surface area contributed by atoms with Crippen LogP contribution < -0.4 is 9.64 Å². The second-order valence-corrected chi connectivity index (χ2v) is 11.1. The highest BCUT2D eigenvalue weighted by Gasteiger charge is 2.36. The summed E-state index contributed by atoms with van der Waals surface area (Å²) in [6.45, 7) is 3.76. The maximum Gasteiger partial charge on any atom is 0.573 e. The van der Waals surface area contributed by atoms with Gasteiger partial charge in [-0.15, -0.1) is 13.2 Å². The van der Waals surface area contributed by atoms with Gasteiger partial charge in [0.1, 0.15) is 17.2 Å². The van der Waals surface area contributed by atoms with Crippen molar-refractivity contribution in [3.05, 3.63) is 59.4 Å². The summed E-state index contributed by atoms with van der Waals surface area (Å²) >= 11 is 1.54. The molecule has 2 aromatic carbocycles. The number of esters is 1. The van der Waals surface area contributed by atoms with E-state index in [4.69, 9.17) is 19.0 Å². The van der Waals surface area contributed by atoms with E-state index in [1.165, 1.54) is 23.5 Å². The molecule has 0 spiro atoms. The first-order chi connectivity index (χ1) is 19.8. The number of thiazole rings is 1. The average molecular weight is 588 g/mol. The maximum atomic E-state index is 13.0. The van der Waals surface area contributed by atoms with Crippen LogP contribution in [0.15, 0.2) is 47.0 Å². The number of rotatable bonds is 9. The summed E-state index contributed by atoms with van der Waals surface area (Å²) in [7, 11) is 0. The first-order valence-corrected chi connectivity index (χ1v) is 14.4. The van der Waals surface area contributed by atoms with E-state index in [-0.39, 0.29) is 35.9 Å². The van der Waals surface area contributed by atoms with E-state index in [9.17, 15) is 18.0 Å². The first kappa shape index (κ1) is 27.5. The largest absolute Gasteiger partial charge is 0.573 e. The third-order valence-corrected chi connectivity index (χ3v) is 8.28. The highest BCUT2D eigenvalue weighted by Crippen LogP contribution is 2.46. The zero-order chi connectivity index (χ0) is 28.6. The van der Waals surface area contributed by atoms with Gasteiger partial charge in [0.05, 0.1) is 35.1 Å². The first-order valence-electron chi connectivity index (χ1n) is 13.6. The van der Waals surface area contributed by atoms with Crippen LogP contribution in [0.1, 0.15) is 60.2 Å². The quantitative estimate of drug-likeness (QED) is 0.192. The molecule has 2 aliphatic rings. The number of hydrogen-bond donors (Lipinski definition) is 0. The van der Waals surface area contributed by atoms with Gasteiger partial charge >= 0.3 is 12.3 Å². The highest BCUT2D eigenvalue weighted by atomic mass is 32.1. The van der Waals surface area contributed by atoms with Gasteiger partial charge in [-0.1, -0.05) is 28.6 Å². The number of aromatic nitrogens is 2. The number of nitrogens with zero attached hydrogens (tertiary/aromatic N) is 3. The summed E-state index contributed by atoms with van der Waals surface area (Å²) in [5.41, 5.74) is 2.56. The maximum absolute atomic E-state index is 13.0. The predicted octanol–water partition coefficient (Wildman–Crippen LogP) is 7.09. The Morgan fingerprint density at radius 3 is 2.63 bits per heavy atom. The summed E-state index contributed by atoms with van der Waals surface area (Å²) < 4.78 is 61.4. The van der Waals surface area contributed by atoms with Gasteiger partial charge < -0.3 is 23.6 Å². The fourth-order valence-corrected chi connectivity index (χ4v) is 6.08. The molecule has 2 aromatic heterocycles. The molecule has 0 unspecified atom stereocenters. The minimum Gasteiger partial charge on any atom is -0.462 e. The second-order valence-electron chi connectivity index (χ2n) is 10.1. The second kappa shape index (κ2) is 11.3. The lowest BCUT2D eigenvalue weighted by Crippen LogP contribution is -2.36. The molecule has 1 saturated heterocycles. The Labute approximate surface area is 238 Å². The Morgan fingerprint density at radius 1 is 1.12 bits per heavy atom. The molecule has 1 saturated carbocycles. The Kier molecular flexibility index (Phi) is 7.60. The van der Waals surface area contributed by atoms with E-state index in [0.717, 1.165) is 54.1 Å². The number of halogens is 3. The average Bonchev–Trinajstić information content (AvgIpc) is 3.56. The van der Waals surface area contributed by atoms with Gasteiger partial charge in [-0.25, -0.2) is 9.78 Å². The number of benzene rings is 2. The van der Waals surface area contributed by atoms with Crippen molar-refractivity contribution in [1.82, 2.24) is 10.1 Å². The van der Waals surface area contributed by atoms with Crippen molar-refractivity contribution >= 4 is 32.7 Å². The van der Waals surface area contributed by atoms with Gasteiger partial charge in [0.15, 0.2) is 5.13 Å². The van der Waals surface area contributed by atoms with Crippen LogP contribution in [-0.2, 0) is 16.1 Å². The van der Waals surface area contributed by atoms with Crippen LogP contribution >= 0.6 is 11.3 Å². The summed E-state index contributed by atoms with van der Waals surface area (Å²) in [6, 6.07) is 11.3.